The number of carbonyl (C=O) groups is 1. The van der Waals surface area contributed by atoms with E-state index in [1.165, 1.54) is 48.2 Å². The molecule has 28 heavy (non-hydrogen) atoms. The standard InChI is InChI=1S/C24H32N2O2/c1-4-23(28-22-12-11-18(2)19(3)15-22)24(27)25-16-20-9-5-6-10-21(20)17-26-13-7-8-14-26/h5-6,9-12,15,23H,4,7-8,13-14,16-17H2,1-3H3,(H,25,27). The molecule has 1 heterocycles. The Morgan fingerprint density at radius 2 is 1.79 bits per heavy atom. The summed E-state index contributed by atoms with van der Waals surface area (Å²) in [4.78, 5) is 15.2. The summed E-state index contributed by atoms with van der Waals surface area (Å²) >= 11 is 0. The SMILES string of the molecule is CCC(Oc1ccc(C)c(C)c1)C(=O)NCc1ccccc1CN1CCCC1. The fourth-order valence-electron chi connectivity index (χ4n) is 3.64. The lowest BCUT2D eigenvalue weighted by Crippen LogP contribution is -2.37. The van der Waals surface area contributed by atoms with E-state index < -0.39 is 6.10 Å². The molecule has 0 radical (unpaired) electrons. The van der Waals surface area contributed by atoms with Crippen LogP contribution in [0.5, 0.6) is 5.75 Å². The number of rotatable bonds is 8. The van der Waals surface area contributed by atoms with Crippen molar-refractivity contribution in [2.45, 2.75) is 59.2 Å². The second kappa shape index (κ2) is 9.74. The highest BCUT2D eigenvalue weighted by molar-refractivity contribution is 5.81. The van der Waals surface area contributed by atoms with Gasteiger partial charge in [-0.2, -0.15) is 0 Å². The molecule has 150 valence electrons. The molecule has 1 aliphatic rings. The van der Waals surface area contributed by atoms with E-state index in [1.54, 1.807) is 0 Å². The molecule has 1 N–H and O–H groups in total. The predicted molar refractivity (Wildman–Crippen MR) is 113 cm³/mol. The number of hydrogen-bond acceptors (Lipinski definition) is 3. The van der Waals surface area contributed by atoms with Crippen LogP contribution in [0, 0.1) is 13.8 Å². The third-order valence-electron chi connectivity index (χ3n) is 5.58. The van der Waals surface area contributed by atoms with Gasteiger partial charge in [0.15, 0.2) is 6.10 Å². The molecule has 1 atom stereocenters. The van der Waals surface area contributed by atoms with Crippen LogP contribution in [0.25, 0.3) is 0 Å². The molecular formula is C24H32N2O2. The van der Waals surface area contributed by atoms with Crippen molar-refractivity contribution in [3.8, 4) is 5.75 Å². The molecule has 0 bridgehead atoms. The molecule has 1 fully saturated rings. The van der Waals surface area contributed by atoms with Crippen molar-refractivity contribution in [2.24, 2.45) is 0 Å². The van der Waals surface area contributed by atoms with Gasteiger partial charge in [0, 0.05) is 13.1 Å². The second-order valence-corrected chi connectivity index (χ2v) is 7.73. The Balaban J connectivity index is 1.59. The summed E-state index contributed by atoms with van der Waals surface area (Å²) in [6.45, 7) is 9.94. The van der Waals surface area contributed by atoms with Crippen LogP contribution in [-0.4, -0.2) is 30.0 Å². The minimum Gasteiger partial charge on any atom is -0.481 e. The predicted octanol–water partition coefficient (Wildman–Crippen LogP) is 4.37. The van der Waals surface area contributed by atoms with Crippen LogP contribution in [0.2, 0.25) is 0 Å². The highest BCUT2D eigenvalue weighted by atomic mass is 16.5. The lowest BCUT2D eigenvalue weighted by Gasteiger charge is -2.20. The van der Waals surface area contributed by atoms with Crippen LogP contribution in [0.3, 0.4) is 0 Å². The van der Waals surface area contributed by atoms with E-state index in [2.05, 4.69) is 42.3 Å². The molecular weight excluding hydrogens is 348 g/mol. The van der Waals surface area contributed by atoms with Crippen molar-refractivity contribution in [1.29, 1.82) is 0 Å². The lowest BCUT2D eigenvalue weighted by atomic mass is 10.1. The van der Waals surface area contributed by atoms with E-state index in [4.69, 9.17) is 4.74 Å². The Bertz CT molecular complexity index is 797. The van der Waals surface area contributed by atoms with Crippen LogP contribution in [0.1, 0.15) is 48.4 Å². The summed E-state index contributed by atoms with van der Waals surface area (Å²) in [7, 11) is 0. The van der Waals surface area contributed by atoms with Crippen LogP contribution in [0.4, 0.5) is 0 Å². The largest absolute Gasteiger partial charge is 0.481 e. The van der Waals surface area contributed by atoms with Crippen molar-refractivity contribution < 1.29 is 9.53 Å². The average molecular weight is 381 g/mol. The molecule has 1 unspecified atom stereocenters. The Morgan fingerprint density at radius 1 is 1.07 bits per heavy atom. The molecule has 0 spiro atoms. The van der Waals surface area contributed by atoms with Gasteiger partial charge in [0.2, 0.25) is 0 Å². The van der Waals surface area contributed by atoms with E-state index in [1.807, 2.05) is 31.2 Å². The zero-order valence-electron chi connectivity index (χ0n) is 17.3. The van der Waals surface area contributed by atoms with Crippen LogP contribution < -0.4 is 10.1 Å². The van der Waals surface area contributed by atoms with Crippen molar-refractivity contribution in [2.75, 3.05) is 13.1 Å². The van der Waals surface area contributed by atoms with E-state index in [0.717, 1.165) is 12.3 Å². The van der Waals surface area contributed by atoms with Crippen LogP contribution in [-0.2, 0) is 17.9 Å². The number of benzene rings is 2. The van der Waals surface area contributed by atoms with Gasteiger partial charge in [0.25, 0.3) is 5.91 Å². The molecule has 4 nitrogen and oxygen atoms in total. The molecule has 0 aromatic heterocycles. The van der Waals surface area contributed by atoms with Gasteiger partial charge in [0.1, 0.15) is 5.75 Å². The smallest absolute Gasteiger partial charge is 0.261 e. The molecule has 1 saturated heterocycles. The summed E-state index contributed by atoms with van der Waals surface area (Å²) in [5.74, 6) is 0.691. The van der Waals surface area contributed by atoms with Crippen LogP contribution >= 0.6 is 0 Å². The topological polar surface area (TPSA) is 41.6 Å². The first-order valence-corrected chi connectivity index (χ1v) is 10.4. The van der Waals surface area contributed by atoms with Crippen LogP contribution in [0.15, 0.2) is 42.5 Å². The molecule has 0 saturated carbocycles. The first-order valence-electron chi connectivity index (χ1n) is 10.4. The normalized spacial score (nSPS) is 15.4. The van der Waals surface area contributed by atoms with Gasteiger partial charge in [-0.05, 0) is 80.6 Å². The van der Waals surface area contributed by atoms with E-state index in [9.17, 15) is 4.79 Å². The highest BCUT2D eigenvalue weighted by Crippen LogP contribution is 2.19. The number of nitrogens with one attached hydrogen (secondary N) is 1. The van der Waals surface area contributed by atoms with Gasteiger partial charge in [-0.15, -0.1) is 0 Å². The van der Waals surface area contributed by atoms with Crippen molar-refractivity contribution >= 4 is 5.91 Å². The Labute approximate surface area is 168 Å². The van der Waals surface area contributed by atoms with Crippen molar-refractivity contribution in [1.82, 2.24) is 10.2 Å². The number of nitrogens with zero attached hydrogens (tertiary/aromatic N) is 1. The fourth-order valence-corrected chi connectivity index (χ4v) is 3.64. The molecule has 1 aliphatic heterocycles. The highest BCUT2D eigenvalue weighted by Gasteiger charge is 2.19. The second-order valence-electron chi connectivity index (χ2n) is 7.73. The van der Waals surface area contributed by atoms with E-state index >= 15 is 0 Å². The minimum absolute atomic E-state index is 0.0586. The van der Waals surface area contributed by atoms with Gasteiger partial charge in [0.05, 0.1) is 0 Å². The average Bonchev–Trinajstić information content (AvgIpc) is 3.21. The molecule has 3 rings (SSSR count). The number of carbonyl (C=O) groups excluding carboxylic acids is 1. The number of likely N-dealkylation sites (tertiary alicyclic amines) is 1. The van der Waals surface area contributed by atoms with Crippen molar-refractivity contribution in [3.05, 3.63) is 64.7 Å². The van der Waals surface area contributed by atoms with E-state index in [0.29, 0.717) is 13.0 Å². The number of hydrogen-bond donors (Lipinski definition) is 1. The molecule has 0 aliphatic carbocycles. The lowest BCUT2D eigenvalue weighted by molar-refractivity contribution is -0.128. The maximum atomic E-state index is 12.7. The molecule has 2 aromatic carbocycles. The first-order chi connectivity index (χ1) is 13.6. The molecule has 4 heteroatoms. The Hall–Kier alpha value is -2.33. The third-order valence-corrected chi connectivity index (χ3v) is 5.58. The summed E-state index contributed by atoms with van der Waals surface area (Å²) < 4.78 is 5.97. The molecule has 2 aromatic rings. The number of ether oxygens (including phenoxy) is 1. The quantitative estimate of drug-likeness (QED) is 0.739. The summed E-state index contributed by atoms with van der Waals surface area (Å²) in [5, 5.41) is 3.08. The van der Waals surface area contributed by atoms with Crippen molar-refractivity contribution in [3.63, 3.8) is 0 Å². The maximum Gasteiger partial charge on any atom is 0.261 e. The minimum atomic E-state index is -0.479. The zero-order chi connectivity index (χ0) is 19.9. The van der Waals surface area contributed by atoms with Gasteiger partial charge in [-0.1, -0.05) is 37.3 Å². The van der Waals surface area contributed by atoms with Gasteiger partial charge < -0.3 is 10.1 Å². The summed E-state index contributed by atoms with van der Waals surface area (Å²) in [6, 6.07) is 14.4. The van der Waals surface area contributed by atoms with Gasteiger partial charge >= 0.3 is 0 Å². The Morgan fingerprint density at radius 3 is 2.46 bits per heavy atom. The number of aryl methyl sites for hydroxylation is 2. The first kappa shape index (κ1) is 20.4. The van der Waals surface area contributed by atoms with E-state index in [-0.39, 0.29) is 5.91 Å². The fraction of sp³-hybridized carbons (Fsp3) is 0.458. The Kier molecular flexibility index (Phi) is 7.10. The monoisotopic (exact) mass is 380 g/mol. The summed E-state index contributed by atoms with van der Waals surface area (Å²) in [5.41, 5.74) is 4.87. The maximum absolute atomic E-state index is 12.7. The summed E-state index contributed by atoms with van der Waals surface area (Å²) in [6.07, 6.45) is 2.72. The molecule has 1 amide bonds. The van der Waals surface area contributed by atoms with Gasteiger partial charge in [-0.3, -0.25) is 9.69 Å². The zero-order valence-corrected chi connectivity index (χ0v) is 17.3. The third kappa shape index (κ3) is 5.35. The van der Waals surface area contributed by atoms with Gasteiger partial charge in [-0.25, -0.2) is 0 Å². The number of amides is 1.